The molecular formula is C75H93Br2Cl3F6IN9. The standard InChI is InChI=1S/2C9H10F3N.C9H13N.2C8H10BrN.3C8H10ClN.C8H10IN/c1-6(2)7-3-4-8(13-5-7)9(10,11)12;1-6(2)7-4-3-5-8(13-7)9(10,11)12;1-7(2)9-6-4-5-8(3)10-9;1-6(2)7-3-4-8(9)10-5-7;1-6(2)8-7(9)4-3-5-10-8;1-6(2)7-5-10-4-3-8(7)9;1-6(2)7-3-4-8(9)10-5-7;1-6(2)7-4-3-5-10-8(7)9;1-6(2)8-7(9)4-3-5-10-8/h2*3-6H,1-2H3;4-7H,1-3H3;6*3-6H,1-2H3. The van der Waals surface area contributed by atoms with Gasteiger partial charge < -0.3 is 0 Å². The second-order valence-electron chi connectivity index (χ2n) is 24.4. The van der Waals surface area contributed by atoms with Gasteiger partial charge in [0.1, 0.15) is 26.3 Å². The summed E-state index contributed by atoms with van der Waals surface area (Å²) in [6, 6.07) is 34.1. The van der Waals surface area contributed by atoms with Gasteiger partial charge in [-0.3, -0.25) is 24.9 Å². The minimum atomic E-state index is -4.34. The molecule has 9 nitrogen and oxygen atoms in total. The molecule has 0 aliphatic carbocycles. The zero-order chi connectivity index (χ0) is 73.0. The number of alkyl halides is 6. The first-order valence-electron chi connectivity index (χ1n) is 31.4. The quantitative estimate of drug-likeness (QED) is 0.0791. The SMILES string of the molecule is CC(C)c1ccc(Br)nc1.CC(C)c1ccc(C(F)(F)F)nc1.CC(C)c1ccc(Cl)nc1.CC(C)c1cccc(C(F)(F)F)n1.CC(C)c1cccnc1Cl.CC(C)c1cnccc1Cl.CC(C)c1ncccc1Br.CC(C)c1ncccc1I.Cc1cccc(C(C)C)n1. The lowest BCUT2D eigenvalue weighted by Gasteiger charge is -2.09. The summed E-state index contributed by atoms with van der Waals surface area (Å²) in [5.74, 6) is 3.81. The molecule has 21 heteroatoms. The second-order valence-corrected chi connectivity index (χ2v) is 28.3. The Morgan fingerprint density at radius 2 is 0.854 bits per heavy atom. The number of pyridine rings is 9. The van der Waals surface area contributed by atoms with E-state index >= 15 is 0 Å². The van der Waals surface area contributed by atoms with E-state index in [1.165, 1.54) is 44.4 Å². The molecule has 0 fully saturated rings. The van der Waals surface area contributed by atoms with Crippen molar-refractivity contribution in [1.29, 1.82) is 0 Å². The molecule has 9 aromatic heterocycles. The highest BCUT2D eigenvalue weighted by Gasteiger charge is 2.33. The molecule has 522 valence electrons. The molecule has 0 aliphatic rings. The number of hydrogen-bond donors (Lipinski definition) is 0. The third kappa shape index (κ3) is 36.4. The van der Waals surface area contributed by atoms with Crippen LogP contribution in [0.2, 0.25) is 15.3 Å². The van der Waals surface area contributed by atoms with E-state index in [2.05, 4.69) is 221 Å². The molecule has 9 aromatic rings. The maximum atomic E-state index is 12.2. The Bertz CT molecular complexity index is 3330. The van der Waals surface area contributed by atoms with Crippen LogP contribution in [0, 0.1) is 10.5 Å². The summed E-state index contributed by atoms with van der Waals surface area (Å²) in [6.07, 6.45) is 5.18. The summed E-state index contributed by atoms with van der Waals surface area (Å²) in [7, 11) is 0. The molecule has 0 saturated carbocycles. The van der Waals surface area contributed by atoms with Crippen LogP contribution >= 0.6 is 89.3 Å². The Hall–Kier alpha value is -5.51. The summed E-state index contributed by atoms with van der Waals surface area (Å²) in [5, 5.41) is 1.99. The van der Waals surface area contributed by atoms with Crippen molar-refractivity contribution in [2.45, 2.75) is 197 Å². The molecular weight excluding hydrogens is 1530 g/mol. The Morgan fingerprint density at radius 3 is 1.21 bits per heavy atom. The van der Waals surface area contributed by atoms with E-state index in [1.807, 2.05) is 126 Å². The van der Waals surface area contributed by atoms with Crippen LogP contribution in [0.3, 0.4) is 0 Å². The van der Waals surface area contributed by atoms with Gasteiger partial charge in [-0.2, -0.15) is 26.3 Å². The van der Waals surface area contributed by atoms with E-state index in [1.54, 1.807) is 18.5 Å². The van der Waals surface area contributed by atoms with E-state index < -0.39 is 23.7 Å². The molecule has 0 spiro atoms. The van der Waals surface area contributed by atoms with Crippen LogP contribution in [0.1, 0.15) is 246 Å². The zero-order valence-electron chi connectivity index (χ0n) is 58.3. The van der Waals surface area contributed by atoms with Gasteiger partial charge in [-0.25, -0.2) is 19.9 Å². The van der Waals surface area contributed by atoms with Crippen LogP contribution in [0.25, 0.3) is 0 Å². The van der Waals surface area contributed by atoms with Crippen molar-refractivity contribution in [1.82, 2.24) is 44.9 Å². The fourth-order valence-corrected chi connectivity index (χ4v) is 10.2. The summed E-state index contributed by atoms with van der Waals surface area (Å²) in [4.78, 5) is 35.8. The van der Waals surface area contributed by atoms with Crippen LogP contribution in [0.5, 0.6) is 0 Å². The number of aromatic nitrogens is 9. The third-order valence-electron chi connectivity index (χ3n) is 13.2. The Kier molecular flexibility index (Phi) is 42.4. The molecule has 9 heterocycles. The van der Waals surface area contributed by atoms with Crippen molar-refractivity contribution in [3.8, 4) is 0 Å². The van der Waals surface area contributed by atoms with E-state index in [0.29, 0.717) is 57.4 Å². The van der Waals surface area contributed by atoms with Crippen LogP contribution in [-0.4, -0.2) is 44.9 Å². The van der Waals surface area contributed by atoms with Crippen LogP contribution < -0.4 is 0 Å². The highest BCUT2D eigenvalue weighted by molar-refractivity contribution is 14.1. The molecule has 0 atom stereocenters. The normalized spacial score (nSPS) is 10.9. The molecule has 0 bridgehead atoms. The van der Waals surface area contributed by atoms with Gasteiger partial charge in [0.15, 0.2) is 0 Å². The van der Waals surface area contributed by atoms with Crippen molar-refractivity contribution >= 4 is 89.3 Å². The smallest absolute Gasteiger partial charge is 0.264 e. The number of halogens is 12. The molecule has 0 radical (unpaired) electrons. The lowest BCUT2D eigenvalue weighted by molar-refractivity contribution is -0.142. The first-order valence-corrected chi connectivity index (χ1v) is 35.2. The summed E-state index contributed by atoms with van der Waals surface area (Å²) in [5.41, 5.74) is 8.97. The predicted molar refractivity (Wildman–Crippen MR) is 403 cm³/mol. The van der Waals surface area contributed by atoms with E-state index in [9.17, 15) is 26.3 Å². The molecule has 0 amide bonds. The molecule has 96 heavy (non-hydrogen) atoms. The highest BCUT2D eigenvalue weighted by atomic mass is 127. The fraction of sp³-hybridized carbons (Fsp3) is 0.400. The van der Waals surface area contributed by atoms with E-state index in [4.69, 9.17) is 34.8 Å². The van der Waals surface area contributed by atoms with Crippen LogP contribution in [0.15, 0.2) is 174 Å². The van der Waals surface area contributed by atoms with Gasteiger partial charge in [-0.1, -0.05) is 196 Å². The molecule has 0 saturated heterocycles. The third-order valence-corrected chi connectivity index (χ3v) is 16.2. The maximum Gasteiger partial charge on any atom is 0.433 e. The lowest BCUT2D eigenvalue weighted by Crippen LogP contribution is -2.09. The molecule has 0 aliphatic heterocycles. The Labute approximate surface area is 613 Å². The average Bonchev–Trinajstić information content (AvgIpc) is 0.876. The number of aryl methyl sites for hydroxylation is 1. The monoisotopic (exact) mass is 1620 g/mol. The van der Waals surface area contributed by atoms with Gasteiger partial charge in [0, 0.05) is 79.7 Å². The van der Waals surface area contributed by atoms with Gasteiger partial charge in [0.05, 0.1) is 11.4 Å². The Morgan fingerprint density at radius 1 is 0.385 bits per heavy atom. The van der Waals surface area contributed by atoms with Gasteiger partial charge in [-0.15, -0.1) is 0 Å². The molecule has 0 unspecified atom stereocenters. The van der Waals surface area contributed by atoms with Crippen molar-refractivity contribution in [2.75, 3.05) is 0 Å². The minimum absolute atomic E-state index is 0.0160. The first-order chi connectivity index (χ1) is 44.8. The number of rotatable bonds is 9. The summed E-state index contributed by atoms with van der Waals surface area (Å²) < 4.78 is 75.9. The van der Waals surface area contributed by atoms with E-state index in [-0.39, 0.29) is 11.8 Å². The van der Waals surface area contributed by atoms with Gasteiger partial charge in [0.25, 0.3) is 0 Å². The highest BCUT2D eigenvalue weighted by Crippen LogP contribution is 2.30. The van der Waals surface area contributed by atoms with E-state index in [0.717, 1.165) is 54.3 Å². The molecule has 9 rings (SSSR count). The predicted octanol–water partition coefficient (Wildman–Crippen LogP) is 26.3. The van der Waals surface area contributed by atoms with Crippen molar-refractivity contribution in [3.05, 3.63) is 260 Å². The van der Waals surface area contributed by atoms with Crippen molar-refractivity contribution < 1.29 is 26.3 Å². The van der Waals surface area contributed by atoms with Crippen molar-refractivity contribution in [2.24, 2.45) is 0 Å². The van der Waals surface area contributed by atoms with Gasteiger partial charge in [-0.05, 0) is 221 Å². The first kappa shape index (κ1) is 88.5. The molecule has 0 aromatic carbocycles. The summed E-state index contributed by atoms with van der Waals surface area (Å²) >= 11 is 26.3. The van der Waals surface area contributed by atoms with Crippen LogP contribution in [0.4, 0.5) is 26.3 Å². The number of hydrogen-bond acceptors (Lipinski definition) is 9. The number of nitrogens with zero attached hydrogens (tertiary/aromatic N) is 9. The lowest BCUT2D eigenvalue weighted by atomic mass is 10.1. The maximum absolute atomic E-state index is 12.2. The second kappa shape index (κ2) is 46.0. The summed E-state index contributed by atoms with van der Waals surface area (Å²) in [6.45, 7) is 39.3. The fourth-order valence-electron chi connectivity index (χ4n) is 7.48. The topological polar surface area (TPSA) is 116 Å². The largest absolute Gasteiger partial charge is 0.433 e. The minimum Gasteiger partial charge on any atom is -0.264 e. The Balaban J connectivity index is 0.000000541. The zero-order valence-corrected chi connectivity index (χ0v) is 65.9. The average molecular weight is 1630 g/mol. The molecule has 0 N–H and O–H groups in total. The van der Waals surface area contributed by atoms with Crippen molar-refractivity contribution in [3.63, 3.8) is 0 Å². The van der Waals surface area contributed by atoms with Gasteiger partial charge >= 0.3 is 12.4 Å². The van der Waals surface area contributed by atoms with Gasteiger partial charge in [0.2, 0.25) is 0 Å². The van der Waals surface area contributed by atoms with Crippen LogP contribution in [-0.2, 0) is 12.4 Å².